The van der Waals surface area contributed by atoms with Crippen LogP contribution in [0.5, 0.6) is 0 Å². The molecule has 156 valence electrons. The third-order valence-electron chi connectivity index (χ3n) is 5.08. The number of sulfone groups is 1. The highest BCUT2D eigenvalue weighted by Gasteiger charge is 2.19. The third kappa shape index (κ3) is 4.64. The molecule has 8 heteroatoms. The number of hydrogen-bond donors (Lipinski definition) is 1. The monoisotopic (exact) mass is 443 g/mol. The van der Waals surface area contributed by atoms with E-state index in [2.05, 4.69) is 21.0 Å². The van der Waals surface area contributed by atoms with Gasteiger partial charge >= 0.3 is 0 Å². The number of H-pyrrole nitrogens is 1. The number of imidazole rings is 1. The molecule has 0 radical (unpaired) electrons. The Morgan fingerprint density at radius 1 is 1.20 bits per heavy atom. The maximum absolute atomic E-state index is 11.9. The molecule has 0 saturated carbocycles. The van der Waals surface area contributed by atoms with Crippen LogP contribution in [0.25, 0.3) is 17.1 Å². The van der Waals surface area contributed by atoms with E-state index in [0.29, 0.717) is 11.7 Å². The smallest absolute Gasteiger partial charge is 0.176 e. The zero-order chi connectivity index (χ0) is 21.1. The van der Waals surface area contributed by atoms with Gasteiger partial charge in [-0.3, -0.25) is 4.98 Å². The van der Waals surface area contributed by atoms with Gasteiger partial charge < -0.3 is 9.72 Å². The van der Waals surface area contributed by atoms with Crippen molar-refractivity contribution >= 4 is 27.0 Å². The van der Waals surface area contributed by atoms with Crippen LogP contribution in [-0.2, 0) is 14.6 Å². The van der Waals surface area contributed by atoms with Crippen LogP contribution >= 0.6 is 11.6 Å². The summed E-state index contributed by atoms with van der Waals surface area (Å²) in [5.74, 6) is 1.02. The van der Waals surface area contributed by atoms with Gasteiger partial charge in [0.2, 0.25) is 0 Å². The Bertz CT molecular complexity index is 1170. The van der Waals surface area contributed by atoms with E-state index < -0.39 is 9.84 Å². The number of aromatic amines is 1. The average Bonchev–Trinajstić information content (AvgIpc) is 3.22. The van der Waals surface area contributed by atoms with E-state index in [0.717, 1.165) is 54.8 Å². The summed E-state index contributed by atoms with van der Waals surface area (Å²) in [7, 11) is -3.40. The number of nitrogens with one attached hydrogen (secondary N) is 1. The van der Waals surface area contributed by atoms with E-state index in [1.54, 1.807) is 30.6 Å². The van der Waals surface area contributed by atoms with Gasteiger partial charge in [-0.05, 0) is 48.6 Å². The van der Waals surface area contributed by atoms with Crippen LogP contribution in [0.1, 0.15) is 24.1 Å². The molecule has 0 atom stereocenters. The minimum absolute atomic E-state index is 0.122. The first kappa shape index (κ1) is 20.8. The van der Waals surface area contributed by atoms with Crippen molar-refractivity contribution in [2.45, 2.75) is 17.7 Å². The Morgan fingerprint density at radius 2 is 2.00 bits per heavy atom. The predicted molar refractivity (Wildman–Crippen MR) is 117 cm³/mol. The number of halogens is 1. The number of nitrogens with zero attached hydrogens (tertiary/aromatic N) is 2. The third-order valence-corrected chi connectivity index (χ3v) is 6.66. The van der Waals surface area contributed by atoms with Gasteiger partial charge in [0.05, 0.1) is 21.8 Å². The van der Waals surface area contributed by atoms with Crippen LogP contribution in [0.4, 0.5) is 0 Å². The summed E-state index contributed by atoms with van der Waals surface area (Å²) < 4.78 is 29.4. The number of pyridine rings is 1. The molecule has 1 N–H and O–H groups in total. The number of ether oxygens (including phenoxy) is 1. The van der Waals surface area contributed by atoms with Crippen LogP contribution in [0.2, 0.25) is 5.02 Å². The second-order valence-corrected chi connectivity index (χ2v) is 9.70. The lowest BCUT2D eigenvalue weighted by molar-refractivity contribution is 0.0786. The summed E-state index contributed by atoms with van der Waals surface area (Å²) in [6, 6.07) is 10.7. The number of hydrogen-bond acceptors (Lipinski definition) is 5. The number of allylic oxidation sites excluding steroid dienone is 1. The van der Waals surface area contributed by atoms with E-state index in [-0.39, 0.29) is 9.92 Å². The molecule has 3 aromatic rings. The summed E-state index contributed by atoms with van der Waals surface area (Å²) in [4.78, 5) is 12.3. The van der Waals surface area contributed by atoms with Gasteiger partial charge in [0.15, 0.2) is 15.7 Å². The fourth-order valence-electron chi connectivity index (χ4n) is 3.52. The van der Waals surface area contributed by atoms with Crippen LogP contribution in [0.3, 0.4) is 0 Å². The lowest BCUT2D eigenvalue weighted by atomic mass is 9.93. The van der Waals surface area contributed by atoms with Crippen molar-refractivity contribution in [3.63, 3.8) is 0 Å². The average molecular weight is 444 g/mol. The summed E-state index contributed by atoms with van der Waals surface area (Å²) in [6.07, 6.45) is 8.71. The zero-order valence-corrected chi connectivity index (χ0v) is 18.1. The van der Waals surface area contributed by atoms with Crippen LogP contribution in [0.15, 0.2) is 59.8 Å². The van der Waals surface area contributed by atoms with Crippen LogP contribution < -0.4 is 0 Å². The van der Waals surface area contributed by atoms with Crippen LogP contribution in [0, 0.1) is 5.92 Å². The van der Waals surface area contributed by atoms with Crippen molar-refractivity contribution in [3.8, 4) is 11.5 Å². The first-order chi connectivity index (χ1) is 14.4. The maximum Gasteiger partial charge on any atom is 0.176 e. The molecule has 30 heavy (non-hydrogen) atoms. The highest BCUT2D eigenvalue weighted by Crippen LogP contribution is 2.32. The molecule has 2 aromatic heterocycles. The van der Waals surface area contributed by atoms with Gasteiger partial charge in [-0.25, -0.2) is 13.4 Å². The Kier molecular flexibility index (Phi) is 6.04. The molecule has 3 heterocycles. The van der Waals surface area contributed by atoms with Gasteiger partial charge in [-0.2, -0.15) is 0 Å². The Morgan fingerprint density at radius 3 is 2.67 bits per heavy atom. The van der Waals surface area contributed by atoms with E-state index >= 15 is 0 Å². The summed E-state index contributed by atoms with van der Waals surface area (Å²) in [5, 5.41) is 0.206. The van der Waals surface area contributed by atoms with Gasteiger partial charge in [0.1, 0.15) is 5.69 Å². The minimum atomic E-state index is -3.40. The fourth-order valence-corrected chi connectivity index (χ4v) is 4.85. The number of aromatic nitrogens is 3. The van der Waals surface area contributed by atoms with E-state index in [1.165, 1.54) is 0 Å². The Balaban J connectivity index is 1.77. The molecule has 1 fully saturated rings. The molecule has 0 amide bonds. The summed E-state index contributed by atoms with van der Waals surface area (Å²) >= 11 is 6.33. The predicted octanol–water partition coefficient (Wildman–Crippen LogP) is 4.39. The molecule has 0 aliphatic carbocycles. The minimum Gasteiger partial charge on any atom is -0.381 e. The normalized spacial score (nSPS) is 16.0. The van der Waals surface area contributed by atoms with E-state index in [9.17, 15) is 8.42 Å². The van der Waals surface area contributed by atoms with Crippen molar-refractivity contribution in [2.75, 3.05) is 19.5 Å². The van der Waals surface area contributed by atoms with Gasteiger partial charge in [0.25, 0.3) is 0 Å². The van der Waals surface area contributed by atoms with Gasteiger partial charge in [-0.1, -0.05) is 29.8 Å². The molecule has 0 bridgehead atoms. The lowest BCUT2D eigenvalue weighted by Gasteiger charge is -2.20. The van der Waals surface area contributed by atoms with E-state index in [4.69, 9.17) is 16.3 Å². The fraction of sp³-hybridized carbons (Fsp3) is 0.273. The summed E-state index contributed by atoms with van der Waals surface area (Å²) in [6.45, 7) is 1.45. The largest absolute Gasteiger partial charge is 0.381 e. The SMILES string of the molecule is CS(=O)(=O)c1ccc(/C(=C\C2CCOCC2)c2cnc(-c3ccccn3)[nH]2)cc1Cl. The van der Waals surface area contributed by atoms with Crippen molar-refractivity contribution in [1.82, 2.24) is 15.0 Å². The topological polar surface area (TPSA) is 84.9 Å². The summed E-state index contributed by atoms with van der Waals surface area (Å²) in [5.41, 5.74) is 3.33. The van der Waals surface area contributed by atoms with Gasteiger partial charge in [-0.15, -0.1) is 0 Å². The molecular formula is C22H22ClN3O3S. The van der Waals surface area contributed by atoms with Crippen molar-refractivity contribution in [3.05, 3.63) is 71.1 Å². The molecule has 0 unspecified atom stereocenters. The number of benzene rings is 1. The molecule has 1 aliphatic rings. The Labute approximate surface area is 180 Å². The second-order valence-electron chi connectivity index (χ2n) is 7.31. The quantitative estimate of drug-likeness (QED) is 0.632. The Hall–Kier alpha value is -2.48. The molecule has 1 saturated heterocycles. The first-order valence-electron chi connectivity index (χ1n) is 9.68. The van der Waals surface area contributed by atoms with Crippen molar-refractivity contribution < 1.29 is 13.2 Å². The highest BCUT2D eigenvalue weighted by molar-refractivity contribution is 7.90. The van der Waals surface area contributed by atoms with Gasteiger partial charge in [0, 0.05) is 31.2 Å². The van der Waals surface area contributed by atoms with E-state index in [1.807, 2.05) is 18.2 Å². The molecule has 4 rings (SSSR count). The first-order valence-corrected chi connectivity index (χ1v) is 11.9. The second kappa shape index (κ2) is 8.71. The van der Waals surface area contributed by atoms with Crippen molar-refractivity contribution in [2.24, 2.45) is 5.92 Å². The molecule has 0 spiro atoms. The van der Waals surface area contributed by atoms with Crippen LogP contribution in [-0.4, -0.2) is 42.8 Å². The lowest BCUT2D eigenvalue weighted by Crippen LogP contribution is -2.14. The molecular weight excluding hydrogens is 422 g/mol. The van der Waals surface area contributed by atoms with Crippen molar-refractivity contribution in [1.29, 1.82) is 0 Å². The molecule has 1 aliphatic heterocycles. The standard InChI is InChI=1S/C22H22ClN3O3S/c1-30(27,28)21-6-5-16(13-18(21)23)17(12-15-7-10-29-11-8-15)20-14-25-22(26-20)19-4-2-3-9-24-19/h2-6,9,12-15H,7-8,10-11H2,1H3,(H,25,26)/b17-12+. The number of rotatable bonds is 5. The molecule has 6 nitrogen and oxygen atoms in total. The zero-order valence-electron chi connectivity index (χ0n) is 16.5. The molecule has 1 aromatic carbocycles. The maximum atomic E-state index is 11.9. The highest BCUT2D eigenvalue weighted by atomic mass is 35.5.